The SMILES string of the molecule is CCOCCCNC(=O)CSc1nc(-c2ccc(F)cc2)nc2ccc(CC)cc12. The standard InChI is InChI=1S/C23H26FN3O2S/c1-3-16-6-11-20-19(14-16)23(30-15-21(28)25-12-5-13-29-4-2)27-22(26-20)17-7-9-18(24)10-8-17/h6-11,14H,3-5,12-13,15H2,1-2H3,(H,25,28). The van der Waals surface area contributed by atoms with Crippen LogP contribution in [0.5, 0.6) is 0 Å². The molecule has 0 aliphatic rings. The van der Waals surface area contributed by atoms with Gasteiger partial charge >= 0.3 is 0 Å². The van der Waals surface area contributed by atoms with Gasteiger partial charge in [0.2, 0.25) is 5.91 Å². The summed E-state index contributed by atoms with van der Waals surface area (Å²) in [5, 5.41) is 4.58. The summed E-state index contributed by atoms with van der Waals surface area (Å²) in [7, 11) is 0. The van der Waals surface area contributed by atoms with Crippen LogP contribution in [0.25, 0.3) is 22.3 Å². The average Bonchev–Trinajstić information content (AvgIpc) is 2.77. The fourth-order valence-electron chi connectivity index (χ4n) is 2.94. The predicted molar refractivity (Wildman–Crippen MR) is 119 cm³/mol. The van der Waals surface area contributed by atoms with E-state index in [-0.39, 0.29) is 17.5 Å². The molecule has 1 heterocycles. The van der Waals surface area contributed by atoms with Crippen molar-refractivity contribution in [3.8, 4) is 11.4 Å². The molecule has 0 fully saturated rings. The molecular formula is C23H26FN3O2S. The first-order valence-electron chi connectivity index (χ1n) is 10.1. The first-order chi connectivity index (χ1) is 14.6. The van der Waals surface area contributed by atoms with Gasteiger partial charge in [-0.1, -0.05) is 24.8 Å². The Morgan fingerprint density at radius 2 is 1.93 bits per heavy atom. The van der Waals surface area contributed by atoms with Crippen LogP contribution in [0.2, 0.25) is 0 Å². The van der Waals surface area contributed by atoms with Crippen molar-refractivity contribution in [3.05, 3.63) is 53.8 Å². The molecule has 0 radical (unpaired) electrons. The summed E-state index contributed by atoms with van der Waals surface area (Å²) in [6.07, 6.45) is 1.69. The van der Waals surface area contributed by atoms with Gasteiger partial charge in [0.15, 0.2) is 5.82 Å². The summed E-state index contributed by atoms with van der Waals surface area (Å²) in [5.74, 6) is 0.437. The largest absolute Gasteiger partial charge is 0.382 e. The van der Waals surface area contributed by atoms with E-state index in [4.69, 9.17) is 9.72 Å². The molecule has 1 amide bonds. The van der Waals surface area contributed by atoms with Gasteiger partial charge in [0.05, 0.1) is 11.3 Å². The fourth-order valence-corrected chi connectivity index (χ4v) is 3.78. The number of fused-ring (bicyclic) bond motifs is 1. The summed E-state index contributed by atoms with van der Waals surface area (Å²) in [5.41, 5.74) is 2.73. The maximum absolute atomic E-state index is 13.3. The van der Waals surface area contributed by atoms with E-state index in [1.165, 1.54) is 29.5 Å². The second-order valence-corrected chi connectivity index (χ2v) is 7.72. The molecule has 3 rings (SSSR count). The number of aryl methyl sites for hydroxylation is 1. The lowest BCUT2D eigenvalue weighted by atomic mass is 10.1. The van der Waals surface area contributed by atoms with Crippen LogP contribution in [-0.4, -0.2) is 41.4 Å². The highest BCUT2D eigenvalue weighted by Gasteiger charge is 2.13. The van der Waals surface area contributed by atoms with E-state index in [2.05, 4.69) is 23.3 Å². The summed E-state index contributed by atoms with van der Waals surface area (Å²) in [6.45, 7) is 5.95. The zero-order valence-corrected chi connectivity index (χ0v) is 18.1. The molecule has 0 saturated heterocycles. The molecule has 0 spiro atoms. The average molecular weight is 428 g/mol. The number of carbonyl (C=O) groups excluding carboxylic acids is 1. The van der Waals surface area contributed by atoms with Gasteiger partial charge in [-0.25, -0.2) is 14.4 Å². The van der Waals surface area contributed by atoms with Crippen molar-refractivity contribution in [1.29, 1.82) is 0 Å². The number of nitrogens with zero attached hydrogens (tertiary/aromatic N) is 2. The third-order valence-electron chi connectivity index (χ3n) is 4.57. The molecule has 0 unspecified atom stereocenters. The van der Waals surface area contributed by atoms with E-state index in [1.54, 1.807) is 12.1 Å². The molecule has 30 heavy (non-hydrogen) atoms. The Morgan fingerprint density at radius 1 is 1.13 bits per heavy atom. The van der Waals surface area contributed by atoms with Crippen molar-refractivity contribution in [3.63, 3.8) is 0 Å². The number of carbonyl (C=O) groups is 1. The number of aromatic nitrogens is 2. The van der Waals surface area contributed by atoms with Gasteiger partial charge in [-0.2, -0.15) is 0 Å². The number of thioether (sulfide) groups is 1. The predicted octanol–water partition coefficient (Wildman–Crippen LogP) is 4.63. The molecule has 0 atom stereocenters. The lowest BCUT2D eigenvalue weighted by molar-refractivity contribution is -0.118. The number of hydrogen-bond acceptors (Lipinski definition) is 5. The summed E-state index contributed by atoms with van der Waals surface area (Å²) in [6, 6.07) is 12.2. The van der Waals surface area contributed by atoms with Crippen LogP contribution in [0.15, 0.2) is 47.5 Å². The van der Waals surface area contributed by atoms with Crippen molar-refractivity contribution in [2.75, 3.05) is 25.5 Å². The second-order valence-electron chi connectivity index (χ2n) is 6.75. The van der Waals surface area contributed by atoms with Crippen LogP contribution in [0, 0.1) is 5.82 Å². The monoisotopic (exact) mass is 427 g/mol. The Balaban J connectivity index is 1.80. The number of nitrogens with one attached hydrogen (secondary N) is 1. The number of hydrogen-bond donors (Lipinski definition) is 1. The van der Waals surface area contributed by atoms with Gasteiger partial charge in [0, 0.05) is 30.7 Å². The van der Waals surface area contributed by atoms with E-state index >= 15 is 0 Å². The summed E-state index contributed by atoms with van der Waals surface area (Å²) < 4.78 is 18.6. The van der Waals surface area contributed by atoms with E-state index in [0.717, 1.165) is 34.3 Å². The minimum Gasteiger partial charge on any atom is -0.382 e. The van der Waals surface area contributed by atoms with E-state index in [1.807, 2.05) is 19.1 Å². The normalized spacial score (nSPS) is 11.0. The lowest BCUT2D eigenvalue weighted by Crippen LogP contribution is -2.26. The third kappa shape index (κ3) is 6.00. The number of halogens is 1. The first kappa shape index (κ1) is 22.2. The van der Waals surface area contributed by atoms with Gasteiger partial charge < -0.3 is 10.1 Å². The van der Waals surface area contributed by atoms with Gasteiger partial charge in [-0.15, -0.1) is 0 Å². The zero-order valence-electron chi connectivity index (χ0n) is 17.3. The molecular weight excluding hydrogens is 401 g/mol. The van der Waals surface area contributed by atoms with Crippen molar-refractivity contribution in [2.45, 2.75) is 31.7 Å². The minimum absolute atomic E-state index is 0.0433. The van der Waals surface area contributed by atoms with Gasteiger partial charge in [0.1, 0.15) is 10.8 Å². The molecule has 0 aliphatic heterocycles. The number of rotatable bonds is 10. The second kappa shape index (κ2) is 11.0. The maximum atomic E-state index is 13.3. The molecule has 1 N–H and O–H groups in total. The van der Waals surface area contributed by atoms with E-state index in [0.29, 0.717) is 25.6 Å². The Bertz CT molecular complexity index is 996. The molecule has 7 heteroatoms. The Morgan fingerprint density at radius 3 is 2.67 bits per heavy atom. The molecule has 158 valence electrons. The van der Waals surface area contributed by atoms with Gasteiger partial charge in [0.25, 0.3) is 0 Å². The van der Waals surface area contributed by atoms with Gasteiger partial charge in [-0.05, 0) is 61.7 Å². The highest BCUT2D eigenvalue weighted by atomic mass is 32.2. The van der Waals surface area contributed by atoms with Crippen molar-refractivity contribution < 1.29 is 13.9 Å². The Labute approximate surface area is 180 Å². The zero-order chi connectivity index (χ0) is 21.3. The van der Waals surface area contributed by atoms with Crippen molar-refractivity contribution in [2.24, 2.45) is 0 Å². The first-order valence-corrected chi connectivity index (χ1v) is 11.1. The van der Waals surface area contributed by atoms with Crippen LogP contribution in [-0.2, 0) is 16.0 Å². The maximum Gasteiger partial charge on any atom is 0.230 e. The number of benzene rings is 2. The minimum atomic E-state index is -0.303. The quantitative estimate of drug-likeness (QED) is 0.290. The summed E-state index contributed by atoms with van der Waals surface area (Å²) >= 11 is 1.39. The van der Waals surface area contributed by atoms with Crippen LogP contribution in [0.3, 0.4) is 0 Å². The van der Waals surface area contributed by atoms with E-state index < -0.39 is 0 Å². The Kier molecular flexibility index (Phi) is 8.16. The van der Waals surface area contributed by atoms with Crippen molar-refractivity contribution >= 4 is 28.6 Å². The third-order valence-corrected chi connectivity index (χ3v) is 5.56. The number of amides is 1. The number of ether oxygens (including phenoxy) is 1. The van der Waals surface area contributed by atoms with Crippen LogP contribution in [0.1, 0.15) is 25.8 Å². The highest BCUT2D eigenvalue weighted by molar-refractivity contribution is 8.00. The smallest absolute Gasteiger partial charge is 0.230 e. The molecule has 2 aromatic carbocycles. The molecule has 5 nitrogen and oxygen atoms in total. The molecule has 0 saturated carbocycles. The fraction of sp³-hybridized carbons (Fsp3) is 0.348. The Hall–Kier alpha value is -2.51. The molecule has 1 aromatic heterocycles. The molecule has 3 aromatic rings. The topological polar surface area (TPSA) is 64.1 Å². The van der Waals surface area contributed by atoms with Crippen LogP contribution < -0.4 is 5.32 Å². The molecule has 0 bridgehead atoms. The highest BCUT2D eigenvalue weighted by Crippen LogP contribution is 2.29. The molecule has 0 aliphatic carbocycles. The lowest BCUT2D eigenvalue weighted by Gasteiger charge is -2.10. The van der Waals surface area contributed by atoms with E-state index in [9.17, 15) is 9.18 Å². The van der Waals surface area contributed by atoms with Crippen LogP contribution in [0.4, 0.5) is 4.39 Å². The van der Waals surface area contributed by atoms with Crippen molar-refractivity contribution in [1.82, 2.24) is 15.3 Å². The van der Waals surface area contributed by atoms with Gasteiger partial charge in [-0.3, -0.25) is 4.79 Å². The summed E-state index contributed by atoms with van der Waals surface area (Å²) in [4.78, 5) is 21.6. The van der Waals surface area contributed by atoms with Crippen LogP contribution >= 0.6 is 11.8 Å².